The summed E-state index contributed by atoms with van der Waals surface area (Å²) in [7, 11) is 0. The van der Waals surface area contributed by atoms with E-state index in [1.807, 2.05) is 39.0 Å². The Morgan fingerprint density at radius 3 is 2.43 bits per heavy atom. The van der Waals surface area contributed by atoms with Gasteiger partial charge in [0.05, 0.1) is 5.52 Å². The lowest BCUT2D eigenvalue weighted by molar-refractivity contribution is -0.141. The predicted molar refractivity (Wildman–Crippen MR) is 79.7 cm³/mol. The standard InChI is InChI=1S/C16H19F3N2/c1-5-20-13-10(4)15(16(17,18)19)21-14-11(9(2)3)7-6-8-12(13)14/h6-9H,5H2,1-4H3,(H,20,21). The van der Waals surface area contributed by atoms with Gasteiger partial charge in [0.1, 0.15) is 5.69 Å². The lowest BCUT2D eigenvalue weighted by Crippen LogP contribution is -2.14. The van der Waals surface area contributed by atoms with Gasteiger partial charge in [-0.05, 0) is 25.3 Å². The van der Waals surface area contributed by atoms with E-state index in [4.69, 9.17) is 0 Å². The van der Waals surface area contributed by atoms with Crippen LogP contribution in [0, 0.1) is 6.92 Å². The normalized spacial score (nSPS) is 12.2. The van der Waals surface area contributed by atoms with Crippen molar-refractivity contribution in [3.8, 4) is 0 Å². The SMILES string of the molecule is CCNc1c(C)c(C(F)(F)F)nc2c(C(C)C)cccc12. The molecule has 0 saturated carbocycles. The van der Waals surface area contributed by atoms with Crippen molar-refractivity contribution < 1.29 is 13.2 Å². The predicted octanol–water partition coefficient (Wildman–Crippen LogP) is 5.12. The fourth-order valence-electron chi connectivity index (χ4n) is 2.55. The number of aromatic nitrogens is 1. The molecule has 1 N–H and O–H groups in total. The second kappa shape index (κ2) is 5.54. The van der Waals surface area contributed by atoms with E-state index in [1.165, 1.54) is 6.92 Å². The highest BCUT2D eigenvalue weighted by Crippen LogP contribution is 2.38. The van der Waals surface area contributed by atoms with Gasteiger partial charge >= 0.3 is 6.18 Å². The third kappa shape index (κ3) is 2.82. The lowest BCUT2D eigenvalue weighted by atomic mass is 9.97. The van der Waals surface area contributed by atoms with Gasteiger partial charge in [-0.3, -0.25) is 0 Å². The van der Waals surface area contributed by atoms with E-state index in [2.05, 4.69) is 10.3 Å². The van der Waals surface area contributed by atoms with Crippen molar-refractivity contribution in [2.24, 2.45) is 0 Å². The summed E-state index contributed by atoms with van der Waals surface area (Å²) in [4.78, 5) is 3.95. The average Bonchev–Trinajstić information content (AvgIpc) is 2.39. The minimum Gasteiger partial charge on any atom is -0.385 e. The van der Waals surface area contributed by atoms with E-state index < -0.39 is 11.9 Å². The molecule has 0 bridgehead atoms. The third-order valence-electron chi connectivity index (χ3n) is 3.53. The van der Waals surface area contributed by atoms with E-state index in [0.29, 0.717) is 17.7 Å². The molecular weight excluding hydrogens is 277 g/mol. The molecule has 0 saturated heterocycles. The highest BCUT2D eigenvalue weighted by molar-refractivity contribution is 5.95. The van der Waals surface area contributed by atoms with Gasteiger partial charge in [0.25, 0.3) is 0 Å². The molecule has 0 aliphatic rings. The zero-order valence-corrected chi connectivity index (χ0v) is 12.6. The summed E-state index contributed by atoms with van der Waals surface area (Å²) < 4.78 is 39.7. The van der Waals surface area contributed by atoms with Crippen LogP contribution in [-0.2, 0) is 6.18 Å². The van der Waals surface area contributed by atoms with E-state index in [-0.39, 0.29) is 11.5 Å². The van der Waals surface area contributed by atoms with Crippen LogP contribution in [0.4, 0.5) is 18.9 Å². The number of fused-ring (bicyclic) bond motifs is 1. The summed E-state index contributed by atoms with van der Waals surface area (Å²) in [5, 5.41) is 3.80. The summed E-state index contributed by atoms with van der Waals surface area (Å²) in [5.74, 6) is 0.111. The molecule has 0 fully saturated rings. The molecule has 2 nitrogen and oxygen atoms in total. The van der Waals surface area contributed by atoms with Crippen molar-refractivity contribution in [3.05, 3.63) is 35.0 Å². The van der Waals surface area contributed by atoms with Crippen molar-refractivity contribution in [3.63, 3.8) is 0 Å². The van der Waals surface area contributed by atoms with Gasteiger partial charge in [-0.1, -0.05) is 32.0 Å². The second-order valence-corrected chi connectivity index (χ2v) is 5.39. The zero-order valence-electron chi connectivity index (χ0n) is 12.6. The van der Waals surface area contributed by atoms with Crippen molar-refractivity contribution in [2.45, 2.75) is 39.8 Å². The molecule has 114 valence electrons. The van der Waals surface area contributed by atoms with Gasteiger partial charge in [-0.15, -0.1) is 0 Å². The molecule has 0 amide bonds. The van der Waals surface area contributed by atoms with Crippen LogP contribution in [0.15, 0.2) is 18.2 Å². The highest BCUT2D eigenvalue weighted by atomic mass is 19.4. The largest absolute Gasteiger partial charge is 0.433 e. The number of benzene rings is 1. The molecule has 0 aliphatic carbocycles. The van der Waals surface area contributed by atoms with Crippen LogP contribution >= 0.6 is 0 Å². The average molecular weight is 296 g/mol. The molecule has 0 atom stereocenters. The van der Waals surface area contributed by atoms with Crippen LogP contribution < -0.4 is 5.32 Å². The Balaban J connectivity index is 2.90. The number of halogens is 3. The Hall–Kier alpha value is -1.78. The van der Waals surface area contributed by atoms with Crippen LogP contribution in [0.3, 0.4) is 0 Å². The molecule has 1 heterocycles. The summed E-state index contributed by atoms with van der Waals surface area (Å²) in [6.07, 6.45) is -4.45. The van der Waals surface area contributed by atoms with Crippen molar-refractivity contribution in [1.29, 1.82) is 0 Å². The Bertz CT molecular complexity index is 661. The van der Waals surface area contributed by atoms with Crippen LogP contribution in [0.2, 0.25) is 0 Å². The summed E-state index contributed by atoms with van der Waals surface area (Å²) in [5.41, 5.74) is 1.13. The van der Waals surface area contributed by atoms with E-state index in [0.717, 1.165) is 10.9 Å². The maximum Gasteiger partial charge on any atom is 0.433 e. The van der Waals surface area contributed by atoms with Gasteiger partial charge in [-0.2, -0.15) is 13.2 Å². The Morgan fingerprint density at radius 1 is 1.24 bits per heavy atom. The van der Waals surface area contributed by atoms with E-state index in [9.17, 15) is 13.2 Å². The first-order valence-corrected chi connectivity index (χ1v) is 7.01. The second-order valence-electron chi connectivity index (χ2n) is 5.39. The first-order chi connectivity index (χ1) is 9.77. The molecule has 5 heteroatoms. The number of rotatable bonds is 3. The summed E-state index contributed by atoms with van der Waals surface area (Å²) in [6.45, 7) is 7.80. The number of pyridine rings is 1. The molecule has 0 aliphatic heterocycles. The van der Waals surface area contributed by atoms with Crippen molar-refractivity contribution in [1.82, 2.24) is 4.98 Å². The molecule has 0 spiro atoms. The topological polar surface area (TPSA) is 24.9 Å². The van der Waals surface area contributed by atoms with Gasteiger partial charge in [-0.25, -0.2) is 4.98 Å². The minimum absolute atomic E-state index is 0.111. The summed E-state index contributed by atoms with van der Waals surface area (Å²) >= 11 is 0. The van der Waals surface area contributed by atoms with Gasteiger partial charge < -0.3 is 5.32 Å². The van der Waals surface area contributed by atoms with E-state index >= 15 is 0 Å². The fraction of sp³-hybridized carbons (Fsp3) is 0.438. The zero-order chi connectivity index (χ0) is 15.8. The molecule has 21 heavy (non-hydrogen) atoms. The third-order valence-corrected chi connectivity index (χ3v) is 3.53. The number of hydrogen-bond donors (Lipinski definition) is 1. The molecule has 0 unspecified atom stereocenters. The minimum atomic E-state index is -4.45. The first-order valence-electron chi connectivity index (χ1n) is 7.01. The number of nitrogens with one attached hydrogen (secondary N) is 1. The Morgan fingerprint density at radius 2 is 1.90 bits per heavy atom. The number of hydrogen-bond acceptors (Lipinski definition) is 2. The van der Waals surface area contributed by atoms with Crippen LogP contribution in [0.25, 0.3) is 10.9 Å². The Labute approximate surface area is 122 Å². The maximum absolute atomic E-state index is 13.2. The molecule has 2 aromatic rings. The number of nitrogens with zero attached hydrogens (tertiary/aromatic N) is 1. The van der Waals surface area contributed by atoms with Gasteiger partial charge in [0.2, 0.25) is 0 Å². The van der Waals surface area contributed by atoms with Crippen molar-refractivity contribution >= 4 is 16.6 Å². The summed E-state index contributed by atoms with van der Waals surface area (Å²) in [6, 6.07) is 5.53. The van der Waals surface area contributed by atoms with Crippen molar-refractivity contribution in [2.75, 3.05) is 11.9 Å². The molecule has 1 aromatic carbocycles. The maximum atomic E-state index is 13.2. The first kappa shape index (κ1) is 15.6. The fourth-order valence-corrected chi connectivity index (χ4v) is 2.55. The Kier molecular flexibility index (Phi) is 4.12. The molecule has 0 radical (unpaired) electrons. The quantitative estimate of drug-likeness (QED) is 0.850. The molecule has 2 rings (SSSR count). The van der Waals surface area contributed by atoms with Gasteiger partial charge in [0, 0.05) is 23.2 Å². The van der Waals surface area contributed by atoms with E-state index in [1.54, 1.807) is 0 Å². The smallest absolute Gasteiger partial charge is 0.385 e. The van der Waals surface area contributed by atoms with Crippen LogP contribution in [0.1, 0.15) is 43.5 Å². The van der Waals surface area contributed by atoms with Crippen LogP contribution in [0.5, 0.6) is 0 Å². The monoisotopic (exact) mass is 296 g/mol. The van der Waals surface area contributed by atoms with Crippen LogP contribution in [-0.4, -0.2) is 11.5 Å². The number of anilines is 1. The lowest BCUT2D eigenvalue weighted by Gasteiger charge is -2.19. The number of alkyl halides is 3. The highest BCUT2D eigenvalue weighted by Gasteiger charge is 2.36. The number of para-hydroxylation sites is 1. The molecule has 1 aromatic heterocycles. The molecular formula is C16H19F3N2. The van der Waals surface area contributed by atoms with Gasteiger partial charge in [0.15, 0.2) is 0 Å².